The maximum Gasteiger partial charge on any atom is 0.306 e. The number of rotatable bonds is 7. The van der Waals surface area contributed by atoms with E-state index < -0.39 is 21.9 Å². The normalized spacial score (nSPS) is 12.8. The molecule has 1 heterocycles. The molecule has 0 saturated carbocycles. The molecule has 1 aromatic carbocycles. The number of nitrogens with one attached hydrogen (secondary N) is 1. The molecule has 0 aliphatic carbocycles. The lowest BCUT2D eigenvalue weighted by Crippen LogP contribution is -2.15. The van der Waals surface area contributed by atoms with Gasteiger partial charge in [-0.05, 0) is 30.5 Å². The molecule has 23 heavy (non-hydrogen) atoms. The molecule has 2 rings (SSSR count). The van der Waals surface area contributed by atoms with Crippen molar-refractivity contribution >= 4 is 21.7 Å². The van der Waals surface area contributed by atoms with E-state index in [0.717, 1.165) is 5.56 Å². The van der Waals surface area contributed by atoms with E-state index in [2.05, 4.69) is 9.82 Å². The predicted molar refractivity (Wildman–Crippen MR) is 85.6 cm³/mol. The zero-order valence-corrected chi connectivity index (χ0v) is 13.7. The zero-order valence-electron chi connectivity index (χ0n) is 12.9. The van der Waals surface area contributed by atoms with E-state index in [9.17, 15) is 13.2 Å². The van der Waals surface area contributed by atoms with Gasteiger partial charge in [-0.25, -0.2) is 8.42 Å². The maximum atomic E-state index is 12.2. The molecular formula is C15H19N3O4S. The first-order valence-corrected chi connectivity index (χ1v) is 8.63. The summed E-state index contributed by atoms with van der Waals surface area (Å²) in [7, 11) is -2.03. The Bertz CT molecular complexity index is 781. The van der Waals surface area contributed by atoms with E-state index in [1.165, 1.54) is 17.1 Å². The number of aryl methyl sites for hydroxylation is 1. The van der Waals surface area contributed by atoms with E-state index >= 15 is 0 Å². The lowest BCUT2D eigenvalue weighted by atomic mass is 9.97. The van der Waals surface area contributed by atoms with Crippen LogP contribution in [0, 0.1) is 5.92 Å². The molecule has 1 unspecified atom stereocenters. The van der Waals surface area contributed by atoms with Gasteiger partial charge in [0.05, 0.1) is 12.1 Å². The molecular weight excluding hydrogens is 318 g/mol. The fourth-order valence-electron chi connectivity index (χ4n) is 2.15. The van der Waals surface area contributed by atoms with E-state index in [1.54, 1.807) is 31.3 Å². The summed E-state index contributed by atoms with van der Waals surface area (Å²) in [6.07, 6.45) is 3.65. The minimum absolute atomic E-state index is 0.0843. The van der Waals surface area contributed by atoms with Crippen LogP contribution in [0.15, 0.2) is 41.6 Å². The van der Waals surface area contributed by atoms with Crippen molar-refractivity contribution in [2.24, 2.45) is 13.0 Å². The third-order valence-corrected chi connectivity index (χ3v) is 4.86. The summed E-state index contributed by atoms with van der Waals surface area (Å²) in [4.78, 5) is 11.1. The lowest BCUT2D eigenvalue weighted by molar-refractivity contribution is -0.141. The van der Waals surface area contributed by atoms with Gasteiger partial charge in [0.25, 0.3) is 10.0 Å². The Balaban J connectivity index is 2.09. The zero-order chi connectivity index (χ0) is 17.0. The fraction of sp³-hybridized carbons (Fsp3) is 0.333. The SMILES string of the molecule is CCC(Cc1ccc(NS(=O)(=O)c2cnn(C)c2)cc1)C(=O)O. The van der Waals surface area contributed by atoms with Gasteiger partial charge in [0.1, 0.15) is 4.90 Å². The molecule has 0 fully saturated rings. The van der Waals surface area contributed by atoms with E-state index in [0.29, 0.717) is 18.5 Å². The molecule has 1 atom stereocenters. The van der Waals surface area contributed by atoms with Crippen molar-refractivity contribution in [1.82, 2.24) is 9.78 Å². The highest BCUT2D eigenvalue weighted by Crippen LogP contribution is 2.18. The third-order valence-electron chi connectivity index (χ3n) is 3.52. The number of nitrogens with zero attached hydrogens (tertiary/aromatic N) is 2. The second-order valence-electron chi connectivity index (χ2n) is 5.30. The Morgan fingerprint density at radius 3 is 2.48 bits per heavy atom. The van der Waals surface area contributed by atoms with Gasteiger partial charge in [-0.3, -0.25) is 14.2 Å². The minimum atomic E-state index is -3.67. The molecule has 0 saturated heterocycles. The molecule has 0 aliphatic heterocycles. The number of hydrogen-bond donors (Lipinski definition) is 2. The van der Waals surface area contributed by atoms with Gasteiger partial charge in [0.2, 0.25) is 0 Å². The molecule has 0 radical (unpaired) electrons. The molecule has 2 aromatic rings. The Kier molecular flexibility index (Phi) is 5.05. The number of carboxylic acid groups (broad SMARTS) is 1. The highest BCUT2D eigenvalue weighted by atomic mass is 32.2. The van der Waals surface area contributed by atoms with E-state index in [1.807, 2.05) is 6.92 Å². The molecule has 124 valence electrons. The summed E-state index contributed by atoms with van der Waals surface area (Å²) >= 11 is 0. The third kappa shape index (κ3) is 4.32. The monoisotopic (exact) mass is 337 g/mol. The molecule has 0 aliphatic rings. The Labute approximate surface area is 135 Å². The molecule has 0 amide bonds. The van der Waals surface area contributed by atoms with Crippen LogP contribution in [0.3, 0.4) is 0 Å². The summed E-state index contributed by atoms with van der Waals surface area (Å²) in [6, 6.07) is 6.70. The van der Waals surface area contributed by atoms with Crippen molar-refractivity contribution in [2.45, 2.75) is 24.7 Å². The fourth-order valence-corrected chi connectivity index (χ4v) is 3.19. The average molecular weight is 337 g/mol. The van der Waals surface area contributed by atoms with Crippen molar-refractivity contribution in [1.29, 1.82) is 0 Å². The van der Waals surface area contributed by atoms with Crippen molar-refractivity contribution in [3.63, 3.8) is 0 Å². The maximum absolute atomic E-state index is 12.2. The quantitative estimate of drug-likeness (QED) is 0.803. The summed E-state index contributed by atoms with van der Waals surface area (Å²) in [5.74, 6) is -1.26. The number of sulfonamides is 1. The summed E-state index contributed by atoms with van der Waals surface area (Å²) in [6.45, 7) is 1.83. The molecule has 0 spiro atoms. The summed E-state index contributed by atoms with van der Waals surface area (Å²) in [5.41, 5.74) is 1.27. The van der Waals surface area contributed by atoms with Gasteiger partial charge < -0.3 is 5.11 Å². The Morgan fingerprint density at radius 1 is 1.35 bits per heavy atom. The van der Waals surface area contributed by atoms with E-state index in [-0.39, 0.29) is 4.90 Å². The van der Waals surface area contributed by atoms with Crippen LogP contribution in [-0.4, -0.2) is 29.3 Å². The predicted octanol–water partition coefficient (Wildman–Crippen LogP) is 1.87. The van der Waals surface area contributed by atoms with Crippen LogP contribution < -0.4 is 4.72 Å². The van der Waals surface area contributed by atoms with Gasteiger partial charge in [0.15, 0.2) is 0 Å². The number of carbonyl (C=O) groups is 1. The summed E-state index contributed by atoms with van der Waals surface area (Å²) in [5, 5.41) is 12.9. The van der Waals surface area contributed by atoms with Gasteiger partial charge in [-0.15, -0.1) is 0 Å². The van der Waals surface area contributed by atoms with E-state index in [4.69, 9.17) is 5.11 Å². The number of carboxylic acids is 1. The van der Waals surface area contributed by atoms with Crippen LogP contribution in [0.1, 0.15) is 18.9 Å². The largest absolute Gasteiger partial charge is 0.481 e. The number of aromatic nitrogens is 2. The highest BCUT2D eigenvalue weighted by Gasteiger charge is 2.17. The molecule has 2 N–H and O–H groups in total. The number of benzene rings is 1. The van der Waals surface area contributed by atoms with Gasteiger partial charge in [0, 0.05) is 18.9 Å². The first-order chi connectivity index (χ1) is 10.8. The molecule has 7 nitrogen and oxygen atoms in total. The van der Waals surface area contributed by atoms with Crippen molar-refractivity contribution < 1.29 is 18.3 Å². The van der Waals surface area contributed by atoms with Crippen molar-refractivity contribution in [3.05, 3.63) is 42.2 Å². The minimum Gasteiger partial charge on any atom is -0.481 e. The van der Waals surface area contributed by atoms with Crippen LogP contribution in [0.4, 0.5) is 5.69 Å². The van der Waals surface area contributed by atoms with Crippen LogP contribution >= 0.6 is 0 Å². The topological polar surface area (TPSA) is 101 Å². The van der Waals surface area contributed by atoms with Crippen molar-refractivity contribution in [2.75, 3.05) is 4.72 Å². The first-order valence-electron chi connectivity index (χ1n) is 7.15. The van der Waals surface area contributed by atoms with Gasteiger partial charge >= 0.3 is 5.97 Å². The second kappa shape index (κ2) is 6.82. The number of hydrogen-bond acceptors (Lipinski definition) is 4. The van der Waals surface area contributed by atoms with Gasteiger partial charge in [-0.1, -0.05) is 19.1 Å². The Hall–Kier alpha value is -2.35. The molecule has 8 heteroatoms. The smallest absolute Gasteiger partial charge is 0.306 e. The lowest BCUT2D eigenvalue weighted by Gasteiger charge is -2.11. The standard InChI is InChI=1S/C15H19N3O4S/c1-3-12(15(19)20)8-11-4-6-13(7-5-11)17-23(21,22)14-9-16-18(2)10-14/h4-7,9-10,12,17H,3,8H2,1-2H3,(H,19,20). The van der Waals surface area contributed by atoms with Crippen LogP contribution in [-0.2, 0) is 28.3 Å². The van der Waals surface area contributed by atoms with Crippen LogP contribution in [0.25, 0.3) is 0 Å². The molecule has 0 bridgehead atoms. The average Bonchev–Trinajstić information content (AvgIpc) is 2.93. The Morgan fingerprint density at radius 2 is 2.00 bits per heavy atom. The highest BCUT2D eigenvalue weighted by molar-refractivity contribution is 7.92. The number of aliphatic carboxylic acids is 1. The van der Waals surface area contributed by atoms with Crippen LogP contribution in [0.2, 0.25) is 0 Å². The number of anilines is 1. The first kappa shape index (κ1) is 17.0. The molecule has 1 aromatic heterocycles. The summed E-state index contributed by atoms with van der Waals surface area (Å²) < 4.78 is 28.2. The van der Waals surface area contributed by atoms with Crippen LogP contribution in [0.5, 0.6) is 0 Å². The second-order valence-corrected chi connectivity index (χ2v) is 6.98. The van der Waals surface area contributed by atoms with Gasteiger partial charge in [-0.2, -0.15) is 5.10 Å². The van der Waals surface area contributed by atoms with Crippen molar-refractivity contribution in [3.8, 4) is 0 Å².